The first-order valence-electron chi connectivity index (χ1n) is 8.56. The molecule has 1 unspecified atom stereocenters. The first-order chi connectivity index (χ1) is 11.6. The summed E-state index contributed by atoms with van der Waals surface area (Å²) in [5, 5.41) is 3.56. The Kier molecular flexibility index (Phi) is 3.86. The zero-order chi connectivity index (χ0) is 16.8. The largest absolute Gasteiger partial charge is 0.0833 e. The molecule has 0 saturated heterocycles. The molecule has 0 heterocycles. The van der Waals surface area contributed by atoms with Gasteiger partial charge in [0.05, 0.1) is 5.03 Å². The minimum Gasteiger partial charge on any atom is -0.0833 e. The Morgan fingerprint density at radius 2 is 1.58 bits per heavy atom. The lowest BCUT2D eigenvalue weighted by Gasteiger charge is -2.22. The predicted molar refractivity (Wildman–Crippen MR) is 109 cm³/mol. The molecule has 0 radical (unpaired) electrons. The highest BCUT2D eigenvalue weighted by Crippen LogP contribution is 2.51. The second-order valence-corrected chi connectivity index (χ2v) is 10.6. The Labute approximate surface area is 150 Å². The fourth-order valence-corrected chi connectivity index (χ4v) is 6.59. The summed E-state index contributed by atoms with van der Waals surface area (Å²) in [7, 11) is -0.965. The van der Waals surface area contributed by atoms with Crippen molar-refractivity contribution < 1.29 is 0 Å². The van der Waals surface area contributed by atoms with Gasteiger partial charge in [-0.05, 0) is 45.5 Å². The van der Waals surface area contributed by atoms with Crippen LogP contribution in [-0.2, 0) is 0 Å². The molecule has 0 aliphatic heterocycles. The molecule has 1 atom stereocenters. The molecule has 120 valence electrons. The average molecular weight is 349 g/mol. The summed E-state index contributed by atoms with van der Waals surface area (Å²) in [4.78, 5) is 0. The van der Waals surface area contributed by atoms with E-state index in [9.17, 15) is 0 Å². The summed E-state index contributed by atoms with van der Waals surface area (Å²) < 4.78 is 0. The third-order valence-electron chi connectivity index (χ3n) is 5.04. The van der Waals surface area contributed by atoms with Crippen molar-refractivity contribution in [3.8, 4) is 0 Å². The Hall–Kier alpha value is -1.83. The van der Waals surface area contributed by atoms with Gasteiger partial charge in [0.2, 0.25) is 0 Å². The molecule has 2 heteroatoms. The molecule has 0 fully saturated rings. The molecule has 24 heavy (non-hydrogen) atoms. The number of benzene rings is 3. The van der Waals surface area contributed by atoms with Crippen molar-refractivity contribution in [3.63, 3.8) is 0 Å². The molecule has 3 aromatic carbocycles. The van der Waals surface area contributed by atoms with E-state index in [-0.39, 0.29) is 0 Å². The maximum Gasteiger partial charge on any atom is 0.0522 e. The van der Waals surface area contributed by atoms with E-state index in [1.165, 1.54) is 38.6 Å². The fourth-order valence-electron chi connectivity index (χ4n) is 4.07. The lowest BCUT2D eigenvalue weighted by atomic mass is 9.94. The van der Waals surface area contributed by atoms with Crippen LogP contribution in [0, 0.1) is 6.92 Å². The molecule has 0 N–H and O–H groups in total. The van der Waals surface area contributed by atoms with Gasteiger partial charge in [0.25, 0.3) is 0 Å². The van der Waals surface area contributed by atoms with Crippen LogP contribution >= 0.6 is 11.6 Å². The molecule has 0 saturated carbocycles. The van der Waals surface area contributed by atoms with Crippen LogP contribution in [0.1, 0.15) is 27.8 Å². The Balaban J connectivity index is 2.05. The van der Waals surface area contributed by atoms with Gasteiger partial charge in [-0.25, -0.2) is 0 Å². The van der Waals surface area contributed by atoms with Gasteiger partial charge in [-0.2, -0.15) is 0 Å². The van der Waals surface area contributed by atoms with Crippen LogP contribution in [0.4, 0.5) is 0 Å². The van der Waals surface area contributed by atoms with Crippen molar-refractivity contribution in [2.75, 3.05) is 0 Å². The van der Waals surface area contributed by atoms with Gasteiger partial charge in [0.15, 0.2) is 0 Å². The number of hydrogen-bond donors (Lipinski definition) is 0. The van der Waals surface area contributed by atoms with Crippen molar-refractivity contribution in [1.29, 1.82) is 0 Å². The third kappa shape index (κ3) is 2.35. The monoisotopic (exact) mass is 348 g/mol. The topological polar surface area (TPSA) is 0 Å². The molecular formula is C22H21ClSi. The lowest BCUT2D eigenvalue weighted by Crippen LogP contribution is -2.16. The standard InChI is InChI=1S/C22H21ClSi/c1-14-12-15-8-4-5-9-16(15)19(13-14)20-21(23)17-10-6-7-11-18(17)22(20)24(2)3/h4-13,22,24H,1-3H3. The van der Waals surface area contributed by atoms with Crippen LogP contribution in [0.3, 0.4) is 0 Å². The van der Waals surface area contributed by atoms with Crippen molar-refractivity contribution in [2.24, 2.45) is 0 Å². The van der Waals surface area contributed by atoms with Crippen LogP contribution in [0.15, 0.2) is 60.7 Å². The molecular weight excluding hydrogens is 328 g/mol. The van der Waals surface area contributed by atoms with E-state index in [4.69, 9.17) is 11.6 Å². The highest BCUT2D eigenvalue weighted by atomic mass is 35.5. The van der Waals surface area contributed by atoms with Gasteiger partial charge in [0.1, 0.15) is 0 Å². The second-order valence-electron chi connectivity index (χ2n) is 7.07. The van der Waals surface area contributed by atoms with E-state index in [1.54, 1.807) is 0 Å². The molecule has 0 bridgehead atoms. The van der Waals surface area contributed by atoms with E-state index in [2.05, 4.69) is 80.7 Å². The van der Waals surface area contributed by atoms with Crippen molar-refractivity contribution in [3.05, 3.63) is 82.9 Å². The number of hydrogen-bond acceptors (Lipinski definition) is 0. The van der Waals surface area contributed by atoms with Crippen LogP contribution < -0.4 is 0 Å². The summed E-state index contributed by atoms with van der Waals surface area (Å²) in [5.74, 6) is 0. The fraction of sp³-hybridized carbons (Fsp3) is 0.182. The van der Waals surface area contributed by atoms with Gasteiger partial charge in [-0.1, -0.05) is 85.4 Å². The maximum atomic E-state index is 6.94. The number of halogens is 1. The Morgan fingerprint density at radius 3 is 2.38 bits per heavy atom. The zero-order valence-corrected chi connectivity index (χ0v) is 16.2. The number of allylic oxidation sites excluding steroid dienone is 1. The SMILES string of the molecule is Cc1cc(C2=C(Cl)c3ccccc3C2[SiH](C)C)c2ccccc2c1. The van der Waals surface area contributed by atoms with Gasteiger partial charge in [-0.3, -0.25) is 0 Å². The lowest BCUT2D eigenvalue weighted by molar-refractivity contribution is 1.21. The van der Waals surface area contributed by atoms with E-state index in [1.807, 2.05) is 0 Å². The van der Waals surface area contributed by atoms with E-state index >= 15 is 0 Å². The zero-order valence-electron chi connectivity index (χ0n) is 14.3. The van der Waals surface area contributed by atoms with Crippen LogP contribution in [0.2, 0.25) is 13.1 Å². The number of aryl methyl sites for hydroxylation is 1. The Morgan fingerprint density at radius 1 is 0.875 bits per heavy atom. The molecule has 0 aromatic heterocycles. The number of fused-ring (bicyclic) bond motifs is 2. The first kappa shape index (κ1) is 15.7. The van der Waals surface area contributed by atoms with Gasteiger partial charge < -0.3 is 0 Å². The van der Waals surface area contributed by atoms with Crippen molar-refractivity contribution in [2.45, 2.75) is 25.6 Å². The smallest absolute Gasteiger partial charge is 0.0522 e. The summed E-state index contributed by atoms with van der Waals surface area (Å²) in [6.45, 7) is 7.03. The molecule has 4 rings (SSSR count). The average Bonchev–Trinajstić information content (AvgIpc) is 2.87. The predicted octanol–water partition coefficient (Wildman–Crippen LogP) is 6.38. The third-order valence-corrected chi connectivity index (χ3v) is 7.48. The molecule has 0 spiro atoms. The maximum absolute atomic E-state index is 6.94. The Bertz CT molecular complexity index is 969. The second kappa shape index (κ2) is 5.91. The van der Waals surface area contributed by atoms with E-state index in [0.29, 0.717) is 5.54 Å². The van der Waals surface area contributed by atoms with Gasteiger partial charge >= 0.3 is 0 Å². The van der Waals surface area contributed by atoms with Crippen molar-refractivity contribution in [1.82, 2.24) is 0 Å². The van der Waals surface area contributed by atoms with Gasteiger partial charge in [0, 0.05) is 14.3 Å². The molecule has 3 aromatic rings. The first-order valence-corrected chi connectivity index (χ1v) is 11.9. The van der Waals surface area contributed by atoms with Crippen molar-refractivity contribution >= 4 is 41.8 Å². The summed E-state index contributed by atoms with van der Waals surface area (Å²) in [5.41, 5.74) is 7.09. The summed E-state index contributed by atoms with van der Waals surface area (Å²) >= 11 is 6.94. The molecule has 1 aliphatic carbocycles. The normalized spacial score (nSPS) is 17.0. The molecule has 0 amide bonds. The highest BCUT2D eigenvalue weighted by Gasteiger charge is 2.34. The van der Waals surface area contributed by atoms with Crippen LogP contribution in [0.25, 0.3) is 21.4 Å². The van der Waals surface area contributed by atoms with Crippen LogP contribution in [-0.4, -0.2) is 8.80 Å². The minimum absolute atomic E-state index is 0.485. The van der Waals surface area contributed by atoms with Gasteiger partial charge in [-0.15, -0.1) is 0 Å². The quantitative estimate of drug-likeness (QED) is 0.471. The molecule has 0 nitrogen and oxygen atoms in total. The summed E-state index contributed by atoms with van der Waals surface area (Å²) in [6.07, 6.45) is 0. The van der Waals surface area contributed by atoms with E-state index in [0.717, 1.165) is 5.03 Å². The highest BCUT2D eigenvalue weighted by molar-refractivity contribution is 6.64. The van der Waals surface area contributed by atoms with E-state index < -0.39 is 8.80 Å². The number of rotatable bonds is 2. The summed E-state index contributed by atoms with van der Waals surface area (Å²) in [6, 6.07) is 21.9. The van der Waals surface area contributed by atoms with Crippen LogP contribution in [0.5, 0.6) is 0 Å². The molecule has 1 aliphatic rings. The minimum atomic E-state index is -0.965.